The van der Waals surface area contributed by atoms with Gasteiger partial charge < -0.3 is 15.0 Å². The molecule has 1 fully saturated rings. The van der Waals surface area contributed by atoms with E-state index in [-0.39, 0.29) is 11.5 Å². The van der Waals surface area contributed by atoms with Crippen molar-refractivity contribution in [2.75, 3.05) is 23.4 Å². The lowest BCUT2D eigenvalue weighted by Crippen LogP contribution is -2.24. The van der Waals surface area contributed by atoms with Crippen molar-refractivity contribution in [3.05, 3.63) is 48.2 Å². The molecule has 27 heavy (non-hydrogen) atoms. The molecule has 0 spiro atoms. The summed E-state index contributed by atoms with van der Waals surface area (Å²) in [6.45, 7) is -0.939. The maximum atomic E-state index is 12.5. The Balaban J connectivity index is 1.75. The highest BCUT2D eigenvalue weighted by Crippen LogP contribution is 2.25. The summed E-state index contributed by atoms with van der Waals surface area (Å²) in [7, 11) is 0. The molecule has 2 aromatic rings. The third-order valence-corrected chi connectivity index (χ3v) is 3.88. The Morgan fingerprint density at radius 3 is 2.78 bits per heavy atom. The van der Waals surface area contributed by atoms with E-state index in [2.05, 4.69) is 15.0 Å². The molecule has 6 nitrogen and oxygen atoms in total. The predicted octanol–water partition coefficient (Wildman–Crippen LogP) is 3.40. The van der Waals surface area contributed by atoms with Gasteiger partial charge in [0.15, 0.2) is 6.61 Å². The number of halogens is 3. The monoisotopic (exact) mass is 379 g/mol. The fourth-order valence-electron chi connectivity index (χ4n) is 2.70. The van der Waals surface area contributed by atoms with Crippen LogP contribution in [-0.2, 0) is 4.79 Å². The Labute approximate surface area is 152 Å². The summed E-state index contributed by atoms with van der Waals surface area (Å²) in [6, 6.07) is 9.43. The first-order valence-corrected chi connectivity index (χ1v) is 8.20. The van der Waals surface area contributed by atoms with Crippen LogP contribution in [0.25, 0.3) is 0 Å². The second-order valence-electron chi connectivity index (χ2n) is 5.91. The number of carbonyl (C=O) groups excluding carboxylic acids is 2. The average molecular weight is 379 g/mol. The molecule has 0 bridgehead atoms. The maximum absolute atomic E-state index is 12.5. The lowest BCUT2D eigenvalue weighted by Gasteiger charge is -2.17. The first kappa shape index (κ1) is 18.7. The van der Waals surface area contributed by atoms with Gasteiger partial charge in [-0.05, 0) is 36.8 Å². The van der Waals surface area contributed by atoms with E-state index >= 15 is 0 Å². The molecular weight excluding hydrogens is 363 g/mol. The minimum atomic E-state index is -4.54. The molecule has 0 unspecified atom stereocenters. The maximum Gasteiger partial charge on any atom is 0.422 e. The molecule has 142 valence electrons. The molecule has 1 aromatic carbocycles. The van der Waals surface area contributed by atoms with E-state index in [0.717, 1.165) is 6.42 Å². The smallest absolute Gasteiger partial charge is 0.422 e. The number of ether oxygens (including phenoxy) is 1. The third kappa shape index (κ3) is 4.75. The lowest BCUT2D eigenvalue weighted by molar-refractivity contribution is -0.154. The molecule has 2 amide bonds. The van der Waals surface area contributed by atoms with Crippen LogP contribution in [0.4, 0.5) is 24.5 Å². The normalized spacial score (nSPS) is 14.3. The zero-order valence-corrected chi connectivity index (χ0v) is 14.1. The molecular formula is C18H16F3N3O3. The third-order valence-electron chi connectivity index (χ3n) is 3.88. The first-order chi connectivity index (χ1) is 12.8. The average Bonchev–Trinajstić information content (AvgIpc) is 3.06. The van der Waals surface area contributed by atoms with Crippen molar-refractivity contribution in [3.8, 4) is 5.88 Å². The Kier molecular flexibility index (Phi) is 5.29. The van der Waals surface area contributed by atoms with E-state index in [1.54, 1.807) is 29.2 Å². The number of rotatable bonds is 5. The summed E-state index contributed by atoms with van der Waals surface area (Å²) in [5, 5.41) is 2.60. The fourth-order valence-corrected chi connectivity index (χ4v) is 2.70. The second-order valence-corrected chi connectivity index (χ2v) is 5.91. The zero-order valence-electron chi connectivity index (χ0n) is 14.1. The highest BCUT2D eigenvalue weighted by atomic mass is 19.4. The Bertz CT molecular complexity index is 855. The first-order valence-electron chi connectivity index (χ1n) is 8.20. The largest absolute Gasteiger partial charge is 0.467 e. The van der Waals surface area contributed by atoms with Gasteiger partial charge in [0.05, 0.1) is 0 Å². The van der Waals surface area contributed by atoms with Gasteiger partial charge in [-0.2, -0.15) is 13.2 Å². The van der Waals surface area contributed by atoms with Crippen LogP contribution >= 0.6 is 0 Å². The highest BCUT2D eigenvalue weighted by molar-refractivity contribution is 6.06. The van der Waals surface area contributed by atoms with Crippen LogP contribution in [0.1, 0.15) is 23.2 Å². The lowest BCUT2D eigenvalue weighted by atomic mass is 10.2. The number of hydrogen-bond donors (Lipinski definition) is 1. The molecule has 1 aliphatic rings. The fraction of sp³-hybridized carbons (Fsp3) is 0.278. The summed E-state index contributed by atoms with van der Waals surface area (Å²) in [5.74, 6) is -1.06. The van der Waals surface area contributed by atoms with E-state index in [9.17, 15) is 22.8 Å². The van der Waals surface area contributed by atoms with Crippen molar-refractivity contribution >= 4 is 23.2 Å². The number of aromatic nitrogens is 1. The van der Waals surface area contributed by atoms with Crippen LogP contribution in [0.3, 0.4) is 0 Å². The number of nitrogens with one attached hydrogen (secondary N) is 1. The number of nitrogens with zero attached hydrogens (tertiary/aromatic N) is 2. The Morgan fingerprint density at radius 2 is 2.07 bits per heavy atom. The SMILES string of the molecule is O=C(Nc1cccc(N2CCCC2=O)c1)c1cccnc1OCC(F)(F)F. The Morgan fingerprint density at radius 1 is 1.26 bits per heavy atom. The minimum Gasteiger partial charge on any atom is -0.467 e. The van der Waals surface area contributed by atoms with Crippen LogP contribution in [0.5, 0.6) is 5.88 Å². The molecule has 0 radical (unpaired) electrons. The van der Waals surface area contributed by atoms with Crippen LogP contribution in [0.2, 0.25) is 0 Å². The van der Waals surface area contributed by atoms with Gasteiger partial charge in [-0.25, -0.2) is 4.98 Å². The van der Waals surface area contributed by atoms with E-state index in [1.165, 1.54) is 18.3 Å². The van der Waals surface area contributed by atoms with Crippen LogP contribution in [-0.4, -0.2) is 36.1 Å². The number of anilines is 2. The van der Waals surface area contributed by atoms with Gasteiger partial charge in [-0.15, -0.1) is 0 Å². The van der Waals surface area contributed by atoms with Gasteiger partial charge in [0, 0.05) is 30.5 Å². The highest BCUT2D eigenvalue weighted by Gasteiger charge is 2.29. The molecule has 1 aliphatic heterocycles. The summed E-state index contributed by atoms with van der Waals surface area (Å²) < 4.78 is 41.7. The molecule has 3 rings (SSSR count). The molecule has 1 saturated heterocycles. The van der Waals surface area contributed by atoms with Gasteiger partial charge in [0.1, 0.15) is 5.56 Å². The molecule has 0 saturated carbocycles. The second kappa shape index (κ2) is 7.65. The van der Waals surface area contributed by atoms with Crippen molar-refractivity contribution in [1.29, 1.82) is 0 Å². The van der Waals surface area contributed by atoms with Crippen LogP contribution < -0.4 is 15.0 Å². The van der Waals surface area contributed by atoms with Crippen molar-refractivity contribution in [2.45, 2.75) is 19.0 Å². The standard InChI is InChI=1S/C18H16F3N3O3/c19-18(20,21)11-27-17-14(6-2-8-22-17)16(26)23-12-4-1-5-13(10-12)24-9-3-7-15(24)25/h1-2,4-6,8,10H,3,7,9,11H2,(H,23,26). The van der Waals surface area contributed by atoms with Crippen molar-refractivity contribution in [2.24, 2.45) is 0 Å². The van der Waals surface area contributed by atoms with Gasteiger partial charge in [0.2, 0.25) is 11.8 Å². The van der Waals surface area contributed by atoms with Gasteiger partial charge in [-0.3, -0.25) is 9.59 Å². The van der Waals surface area contributed by atoms with E-state index < -0.39 is 24.6 Å². The quantitative estimate of drug-likeness (QED) is 0.864. The van der Waals surface area contributed by atoms with Gasteiger partial charge in [0.25, 0.3) is 5.91 Å². The number of benzene rings is 1. The van der Waals surface area contributed by atoms with Crippen molar-refractivity contribution in [1.82, 2.24) is 4.98 Å². The number of carbonyl (C=O) groups is 2. The van der Waals surface area contributed by atoms with Crippen molar-refractivity contribution < 1.29 is 27.5 Å². The predicted molar refractivity (Wildman–Crippen MR) is 91.8 cm³/mol. The Hall–Kier alpha value is -3.10. The van der Waals surface area contributed by atoms with Crippen molar-refractivity contribution in [3.63, 3.8) is 0 Å². The molecule has 0 atom stereocenters. The van der Waals surface area contributed by atoms with Crippen LogP contribution in [0.15, 0.2) is 42.6 Å². The number of pyridine rings is 1. The molecule has 9 heteroatoms. The minimum absolute atomic E-state index is 0.00794. The van der Waals surface area contributed by atoms with Crippen LogP contribution in [0, 0.1) is 0 Å². The molecule has 1 N–H and O–H groups in total. The summed E-state index contributed by atoms with van der Waals surface area (Å²) in [6.07, 6.45) is -2.05. The van der Waals surface area contributed by atoms with E-state index in [1.807, 2.05) is 0 Å². The van der Waals surface area contributed by atoms with Gasteiger partial charge >= 0.3 is 6.18 Å². The molecule has 0 aliphatic carbocycles. The molecule has 1 aromatic heterocycles. The zero-order chi connectivity index (χ0) is 19.4. The van der Waals surface area contributed by atoms with Gasteiger partial charge in [-0.1, -0.05) is 6.07 Å². The summed E-state index contributed by atoms with van der Waals surface area (Å²) in [4.78, 5) is 29.6. The summed E-state index contributed by atoms with van der Waals surface area (Å²) in [5.41, 5.74) is 0.933. The number of alkyl halides is 3. The van der Waals surface area contributed by atoms with E-state index in [4.69, 9.17) is 0 Å². The number of amides is 2. The van der Waals surface area contributed by atoms with E-state index in [0.29, 0.717) is 24.3 Å². The molecule has 2 heterocycles. The topological polar surface area (TPSA) is 71.5 Å². The number of hydrogen-bond acceptors (Lipinski definition) is 4. The summed E-state index contributed by atoms with van der Waals surface area (Å²) >= 11 is 0.